The molecule has 1 saturated heterocycles. The summed E-state index contributed by atoms with van der Waals surface area (Å²) in [7, 11) is 5.19. The van der Waals surface area contributed by atoms with Gasteiger partial charge in [-0.1, -0.05) is 21.9 Å². The van der Waals surface area contributed by atoms with Crippen LogP contribution in [-0.2, 0) is 49.1 Å². The fraction of sp³-hybridized carbons (Fsp3) is 0.282. The number of fused-ring (bicyclic) bond motifs is 10. The zero-order valence-electron chi connectivity index (χ0n) is 31.1. The number of aryl methyl sites for hydroxylation is 3. The van der Waals surface area contributed by atoms with Gasteiger partial charge in [0.1, 0.15) is 36.6 Å². The topological polar surface area (TPSA) is 168 Å². The highest BCUT2D eigenvalue weighted by Crippen LogP contribution is 2.40. The minimum absolute atomic E-state index is 0.106. The van der Waals surface area contributed by atoms with Gasteiger partial charge in [-0.25, -0.2) is 9.55 Å². The summed E-state index contributed by atoms with van der Waals surface area (Å²) in [5.74, 6) is 2.69. The van der Waals surface area contributed by atoms with Crippen molar-refractivity contribution in [2.45, 2.75) is 38.5 Å². The van der Waals surface area contributed by atoms with Gasteiger partial charge in [0, 0.05) is 61.1 Å². The molecule has 0 spiro atoms. The lowest BCUT2D eigenvalue weighted by Crippen LogP contribution is -2.36. The molecule has 0 aliphatic carbocycles. The van der Waals surface area contributed by atoms with Crippen LogP contribution in [0.15, 0.2) is 70.5 Å². The van der Waals surface area contributed by atoms with E-state index in [0.717, 1.165) is 67.8 Å². The van der Waals surface area contributed by atoms with Gasteiger partial charge >= 0.3 is 5.89 Å². The quantitative estimate of drug-likeness (QED) is 0.185. The van der Waals surface area contributed by atoms with Gasteiger partial charge in [-0.2, -0.15) is 24.7 Å². The number of hydrogen-bond acceptors (Lipinski definition) is 12. The lowest BCUT2D eigenvalue weighted by atomic mass is 10.0. The van der Waals surface area contributed by atoms with Crippen molar-refractivity contribution in [2.24, 2.45) is 7.05 Å². The molecular weight excluding hydrogens is 752 g/mol. The molecule has 18 heteroatoms. The van der Waals surface area contributed by atoms with Crippen LogP contribution >= 0.6 is 11.6 Å². The van der Waals surface area contributed by atoms with E-state index in [0.29, 0.717) is 73.3 Å². The van der Waals surface area contributed by atoms with E-state index in [-0.39, 0.29) is 12.5 Å². The largest absolute Gasteiger partial charge is 0.497 e. The molecule has 3 aliphatic rings. The molecule has 57 heavy (non-hydrogen) atoms. The number of rotatable bonds is 9. The summed E-state index contributed by atoms with van der Waals surface area (Å²) >= 11 is 6.58. The Kier molecular flexibility index (Phi) is 7.77. The Morgan fingerprint density at radius 3 is 2.49 bits per heavy atom. The average Bonchev–Trinajstić information content (AvgIpc) is 4.05. The van der Waals surface area contributed by atoms with Crippen LogP contribution in [0.2, 0.25) is 5.02 Å². The van der Waals surface area contributed by atoms with E-state index in [1.807, 2.05) is 52.8 Å². The molecule has 1 fully saturated rings. The van der Waals surface area contributed by atoms with Gasteiger partial charge in [-0.15, -0.1) is 0 Å². The molecule has 0 saturated carbocycles. The zero-order chi connectivity index (χ0) is 38.4. The van der Waals surface area contributed by atoms with Crippen LogP contribution in [0.1, 0.15) is 40.1 Å². The summed E-state index contributed by atoms with van der Waals surface area (Å²) in [6.07, 6.45) is 9.13. The Morgan fingerprint density at radius 2 is 1.65 bits per heavy atom. The molecule has 0 radical (unpaired) electrons. The fourth-order valence-corrected chi connectivity index (χ4v) is 8.21. The molecule has 6 aromatic heterocycles. The number of hydrogen-bond donors (Lipinski definition) is 0. The van der Waals surface area contributed by atoms with E-state index in [9.17, 15) is 0 Å². The highest BCUT2D eigenvalue weighted by atomic mass is 35.5. The normalized spacial score (nSPS) is 14.2. The lowest BCUT2D eigenvalue weighted by molar-refractivity contribution is -0.687. The van der Waals surface area contributed by atoms with E-state index >= 15 is 0 Å². The Labute approximate surface area is 329 Å². The molecule has 0 atom stereocenters. The van der Waals surface area contributed by atoms with Crippen LogP contribution < -0.4 is 9.30 Å². The second kappa shape index (κ2) is 13.1. The molecule has 9 heterocycles. The van der Waals surface area contributed by atoms with E-state index in [1.165, 1.54) is 0 Å². The second-order valence-corrected chi connectivity index (χ2v) is 14.8. The molecule has 0 unspecified atom stereocenters. The summed E-state index contributed by atoms with van der Waals surface area (Å²) in [5, 5.41) is 19.2. The van der Waals surface area contributed by atoms with Gasteiger partial charge in [-0.3, -0.25) is 9.36 Å². The maximum absolute atomic E-state index is 6.58. The van der Waals surface area contributed by atoms with Crippen molar-refractivity contribution in [3.8, 4) is 62.8 Å². The second-order valence-electron chi connectivity index (χ2n) is 14.4. The zero-order valence-corrected chi connectivity index (χ0v) is 31.8. The van der Waals surface area contributed by atoms with Crippen molar-refractivity contribution in [2.75, 3.05) is 27.4 Å². The predicted molar refractivity (Wildman–Crippen MR) is 201 cm³/mol. The van der Waals surface area contributed by atoms with Crippen LogP contribution in [0.4, 0.5) is 0 Å². The van der Waals surface area contributed by atoms with Gasteiger partial charge in [0.2, 0.25) is 12.0 Å². The van der Waals surface area contributed by atoms with Crippen molar-refractivity contribution >= 4 is 11.6 Å². The van der Waals surface area contributed by atoms with Crippen LogP contribution in [0.25, 0.3) is 57.1 Å². The summed E-state index contributed by atoms with van der Waals surface area (Å²) in [5.41, 5.74) is 10.9. The smallest absolute Gasteiger partial charge is 0.302 e. The van der Waals surface area contributed by atoms with Crippen LogP contribution in [0, 0.1) is 0 Å². The van der Waals surface area contributed by atoms with Gasteiger partial charge in [0.25, 0.3) is 5.89 Å². The van der Waals surface area contributed by atoms with E-state index < -0.39 is 0 Å². The Balaban J connectivity index is 1.00. The molecule has 11 rings (SSSR count). The first-order valence-corrected chi connectivity index (χ1v) is 18.8. The average molecular weight is 786 g/mol. The Hall–Kier alpha value is -6.43. The van der Waals surface area contributed by atoms with Crippen LogP contribution in [0.3, 0.4) is 0 Å². The third-order valence-corrected chi connectivity index (χ3v) is 11.0. The molecule has 8 aromatic rings. The number of nitrogens with zero attached hydrogens (tertiary/aromatic N) is 12. The summed E-state index contributed by atoms with van der Waals surface area (Å²) in [4.78, 5) is 14.2. The number of methoxy groups -OCH3 is 2. The maximum Gasteiger partial charge on any atom is 0.302 e. The van der Waals surface area contributed by atoms with Crippen molar-refractivity contribution in [3.63, 3.8) is 0 Å². The first kappa shape index (κ1) is 33.9. The van der Waals surface area contributed by atoms with E-state index in [1.54, 1.807) is 20.5 Å². The van der Waals surface area contributed by atoms with Gasteiger partial charge < -0.3 is 27.8 Å². The van der Waals surface area contributed by atoms with Gasteiger partial charge in [-0.05, 0) is 36.4 Å². The van der Waals surface area contributed by atoms with Crippen molar-refractivity contribution in [3.05, 3.63) is 101 Å². The lowest BCUT2D eigenvalue weighted by Gasteiger charge is -2.21. The first-order valence-electron chi connectivity index (χ1n) is 18.4. The number of halogens is 1. The number of benzene rings is 2. The minimum Gasteiger partial charge on any atom is -0.497 e. The fourth-order valence-electron chi connectivity index (χ4n) is 8.04. The van der Waals surface area contributed by atoms with Crippen molar-refractivity contribution in [1.82, 2.24) is 54.0 Å². The van der Waals surface area contributed by atoms with Gasteiger partial charge in [0.05, 0.1) is 55.4 Å². The highest BCUT2D eigenvalue weighted by Gasteiger charge is 2.37. The third kappa shape index (κ3) is 5.52. The van der Waals surface area contributed by atoms with Crippen LogP contribution in [-0.4, -0.2) is 81.4 Å². The SMILES string of the molecule is COCc1noc(-c2ncn3c2Cc2cn(CC[n+]4cn5c(c4-c4nc(C6COC6)no4)Cc4cn(C)nc4-c4cc(Cl)ccc4-5)nc2-c2cc(OC)ccc2-3)n1. The molecule has 2 aromatic carbocycles. The molecular formula is C39H34ClN12O5+. The third-order valence-electron chi connectivity index (χ3n) is 10.8. The minimum atomic E-state index is 0.106. The van der Waals surface area contributed by atoms with Crippen LogP contribution in [0.5, 0.6) is 5.75 Å². The summed E-state index contributed by atoms with van der Waals surface area (Å²) in [6, 6.07) is 11.9. The molecule has 0 amide bonds. The monoisotopic (exact) mass is 785 g/mol. The highest BCUT2D eigenvalue weighted by molar-refractivity contribution is 6.31. The molecule has 286 valence electrons. The standard InChI is InChI=1S/C39H34ClN12O5/c1-48-14-21-11-31-36(39-43-37(47-57-39)23-16-55-17-23)49(20-52(31)29-6-4-24(40)12-26(29)33(21)44-48)8-9-50-15-22-10-30-35(38-42-32(18-53-2)46-56-38)41-19-51(30)28-7-5-25(54-3)13-27(28)34(22)45-50/h4-7,12-15,19-20,23H,8-11,16-18H2,1-3H3/q+1. The molecule has 0 N–H and O–H groups in total. The Morgan fingerprint density at radius 1 is 0.860 bits per heavy atom. The number of imidazole rings is 2. The molecule has 3 aliphatic heterocycles. The van der Waals surface area contributed by atoms with Gasteiger partial charge in [0.15, 0.2) is 23.0 Å². The summed E-state index contributed by atoms with van der Waals surface area (Å²) < 4.78 is 38.3. The molecule has 0 bridgehead atoms. The first-order chi connectivity index (χ1) is 27.9. The van der Waals surface area contributed by atoms with E-state index in [2.05, 4.69) is 47.7 Å². The maximum atomic E-state index is 6.58. The summed E-state index contributed by atoms with van der Waals surface area (Å²) in [6.45, 7) is 2.46. The van der Waals surface area contributed by atoms with Crippen molar-refractivity contribution in [1.29, 1.82) is 0 Å². The molecule has 17 nitrogen and oxygen atoms in total. The predicted octanol–water partition coefficient (Wildman–Crippen LogP) is 4.75. The van der Waals surface area contributed by atoms with Crippen molar-refractivity contribution < 1.29 is 27.8 Å². The van der Waals surface area contributed by atoms with E-state index in [4.69, 9.17) is 55.0 Å². The number of aromatic nitrogens is 12. The Bertz CT molecular complexity index is 2860. The number of ether oxygens (including phenoxy) is 3.